The van der Waals surface area contributed by atoms with Crippen LogP contribution in [-0.2, 0) is 32.3 Å². The maximum Gasteiger partial charge on any atom is 0.306 e. The summed E-state index contributed by atoms with van der Waals surface area (Å²) in [7, 11) is 0. The maximum atomic E-state index is 11.8. The van der Waals surface area contributed by atoms with E-state index in [0.717, 1.165) is 0 Å². The second-order valence-corrected chi connectivity index (χ2v) is 7.01. The van der Waals surface area contributed by atoms with E-state index in [2.05, 4.69) is 0 Å². The van der Waals surface area contributed by atoms with E-state index in [1.165, 1.54) is 12.1 Å². The van der Waals surface area contributed by atoms with Gasteiger partial charge in [-0.25, -0.2) is 0 Å². The van der Waals surface area contributed by atoms with Crippen LogP contribution in [0.15, 0.2) is 48.5 Å². The summed E-state index contributed by atoms with van der Waals surface area (Å²) in [6.07, 6.45) is 2.92. The molecule has 0 aliphatic carbocycles. The number of esters is 2. The van der Waals surface area contributed by atoms with E-state index in [9.17, 15) is 29.8 Å². The van der Waals surface area contributed by atoms with Gasteiger partial charge in [-0.2, -0.15) is 0 Å². The normalized spacial score (nSPS) is 10.4. The lowest BCUT2D eigenvalue weighted by atomic mass is 10.1. The third kappa shape index (κ3) is 8.13. The van der Waals surface area contributed by atoms with Crippen LogP contribution in [0.1, 0.15) is 49.7 Å². The molecule has 0 unspecified atom stereocenters. The van der Waals surface area contributed by atoms with Gasteiger partial charge in [0.25, 0.3) is 11.4 Å². The van der Waals surface area contributed by atoms with E-state index in [-0.39, 0.29) is 37.4 Å². The van der Waals surface area contributed by atoms with Gasteiger partial charge in [-0.05, 0) is 25.0 Å². The molecular formula is C22H24N2O8. The zero-order valence-electron chi connectivity index (χ0n) is 17.4. The first-order chi connectivity index (χ1) is 15.4. The van der Waals surface area contributed by atoms with Gasteiger partial charge in [-0.3, -0.25) is 29.8 Å². The van der Waals surface area contributed by atoms with Crippen molar-refractivity contribution < 1.29 is 28.9 Å². The number of rotatable bonds is 13. The third-order valence-corrected chi connectivity index (χ3v) is 4.67. The van der Waals surface area contributed by atoms with Gasteiger partial charge < -0.3 is 9.47 Å². The SMILES string of the molecule is O=C(CCCCCCC(=O)OCc1ccccc1[N+](=O)[O-])OCc1ccccc1[N+](=O)[O-]. The fourth-order valence-electron chi connectivity index (χ4n) is 2.98. The number of nitrogens with zero attached hydrogens (tertiary/aromatic N) is 2. The van der Waals surface area contributed by atoms with Crippen LogP contribution in [0.25, 0.3) is 0 Å². The zero-order chi connectivity index (χ0) is 23.3. The standard InChI is InChI=1S/C22H24N2O8/c25-21(31-15-17-9-5-7-11-19(17)23(27)28)13-3-1-2-4-14-22(26)32-16-18-10-6-8-12-20(18)24(29)30/h5-12H,1-4,13-16H2. The molecule has 0 saturated carbocycles. The van der Waals surface area contributed by atoms with Gasteiger partial charge in [0.1, 0.15) is 13.2 Å². The quantitative estimate of drug-likeness (QED) is 0.189. The number of ether oxygens (including phenoxy) is 2. The van der Waals surface area contributed by atoms with Crippen molar-refractivity contribution in [2.24, 2.45) is 0 Å². The fraction of sp³-hybridized carbons (Fsp3) is 0.364. The summed E-state index contributed by atoms with van der Waals surface area (Å²) in [6.45, 7) is -0.303. The van der Waals surface area contributed by atoms with Gasteiger partial charge >= 0.3 is 11.9 Å². The van der Waals surface area contributed by atoms with Crippen LogP contribution in [0.5, 0.6) is 0 Å². The minimum absolute atomic E-state index is 0.0888. The first-order valence-corrected chi connectivity index (χ1v) is 10.1. The van der Waals surface area contributed by atoms with Crippen LogP contribution in [0, 0.1) is 20.2 Å². The summed E-state index contributed by atoms with van der Waals surface area (Å²) in [5.41, 5.74) is 0.499. The van der Waals surface area contributed by atoms with Crippen molar-refractivity contribution in [2.45, 2.75) is 51.7 Å². The van der Waals surface area contributed by atoms with Gasteiger partial charge in [0, 0.05) is 25.0 Å². The van der Waals surface area contributed by atoms with Crippen molar-refractivity contribution in [3.63, 3.8) is 0 Å². The minimum atomic E-state index is -0.519. The van der Waals surface area contributed by atoms with Crippen molar-refractivity contribution in [1.82, 2.24) is 0 Å². The average Bonchev–Trinajstić information content (AvgIpc) is 2.78. The van der Waals surface area contributed by atoms with E-state index in [1.807, 2.05) is 0 Å². The predicted octanol–water partition coefficient (Wildman–Crippen LogP) is 4.63. The van der Waals surface area contributed by atoms with E-state index in [1.54, 1.807) is 36.4 Å². The smallest absolute Gasteiger partial charge is 0.306 e. The molecule has 0 bridgehead atoms. The summed E-state index contributed by atoms with van der Waals surface area (Å²) < 4.78 is 10.2. The molecule has 2 aromatic carbocycles. The summed E-state index contributed by atoms with van der Waals surface area (Å²) in [4.78, 5) is 44.5. The lowest BCUT2D eigenvalue weighted by Crippen LogP contribution is -2.06. The summed E-state index contributed by atoms with van der Waals surface area (Å²) in [5.74, 6) is -0.876. The first-order valence-electron chi connectivity index (χ1n) is 10.1. The Morgan fingerprint density at radius 1 is 0.656 bits per heavy atom. The number of para-hydroxylation sites is 2. The second kappa shape index (κ2) is 12.8. The highest BCUT2D eigenvalue weighted by molar-refractivity contribution is 5.70. The zero-order valence-corrected chi connectivity index (χ0v) is 17.4. The van der Waals surface area contributed by atoms with E-state index >= 15 is 0 Å². The highest BCUT2D eigenvalue weighted by atomic mass is 16.6. The number of nitro benzene ring substituents is 2. The van der Waals surface area contributed by atoms with Crippen LogP contribution in [-0.4, -0.2) is 21.8 Å². The molecule has 0 N–H and O–H groups in total. The molecule has 10 nitrogen and oxygen atoms in total. The molecule has 0 radical (unpaired) electrons. The number of benzene rings is 2. The van der Waals surface area contributed by atoms with Crippen LogP contribution < -0.4 is 0 Å². The number of nitro groups is 2. The molecule has 0 atom stereocenters. The molecule has 0 aliphatic rings. The number of carbonyl (C=O) groups is 2. The predicted molar refractivity (Wildman–Crippen MR) is 113 cm³/mol. The average molecular weight is 444 g/mol. The fourth-order valence-corrected chi connectivity index (χ4v) is 2.98. The van der Waals surface area contributed by atoms with Crippen molar-refractivity contribution in [1.29, 1.82) is 0 Å². The van der Waals surface area contributed by atoms with Crippen molar-refractivity contribution in [2.75, 3.05) is 0 Å². The van der Waals surface area contributed by atoms with Crippen molar-refractivity contribution in [3.05, 3.63) is 79.9 Å². The molecule has 0 spiro atoms. The number of hydrogen-bond acceptors (Lipinski definition) is 8. The Labute approximate surface area is 184 Å². The lowest BCUT2D eigenvalue weighted by Gasteiger charge is -2.06. The Bertz CT molecular complexity index is 883. The van der Waals surface area contributed by atoms with Gasteiger partial charge in [0.05, 0.1) is 21.0 Å². The molecule has 0 heterocycles. The Morgan fingerprint density at radius 3 is 1.41 bits per heavy atom. The highest BCUT2D eigenvalue weighted by Gasteiger charge is 2.15. The minimum Gasteiger partial charge on any atom is -0.461 e. The number of hydrogen-bond donors (Lipinski definition) is 0. The first kappa shape index (κ1) is 24.4. The van der Waals surface area contributed by atoms with Gasteiger partial charge in [0.15, 0.2) is 0 Å². The summed E-state index contributed by atoms with van der Waals surface area (Å²) in [6, 6.07) is 12.2. The monoisotopic (exact) mass is 444 g/mol. The molecule has 0 aliphatic heterocycles. The topological polar surface area (TPSA) is 139 Å². The molecule has 0 amide bonds. The third-order valence-electron chi connectivity index (χ3n) is 4.67. The van der Waals surface area contributed by atoms with Crippen LogP contribution >= 0.6 is 0 Å². The van der Waals surface area contributed by atoms with Crippen LogP contribution in [0.2, 0.25) is 0 Å². The molecular weight excluding hydrogens is 420 g/mol. The number of carbonyl (C=O) groups excluding carboxylic acids is 2. The summed E-state index contributed by atoms with van der Waals surface area (Å²) in [5, 5.41) is 21.9. The Hall–Kier alpha value is -3.82. The molecule has 170 valence electrons. The Morgan fingerprint density at radius 2 is 1.03 bits per heavy atom. The van der Waals surface area contributed by atoms with Gasteiger partial charge in [-0.15, -0.1) is 0 Å². The molecule has 0 aromatic heterocycles. The van der Waals surface area contributed by atoms with Gasteiger partial charge in [0.2, 0.25) is 0 Å². The van der Waals surface area contributed by atoms with E-state index in [4.69, 9.17) is 9.47 Å². The van der Waals surface area contributed by atoms with Gasteiger partial charge in [-0.1, -0.05) is 37.1 Å². The Kier molecular flexibility index (Phi) is 9.76. The summed E-state index contributed by atoms with van der Waals surface area (Å²) >= 11 is 0. The molecule has 10 heteroatoms. The highest BCUT2D eigenvalue weighted by Crippen LogP contribution is 2.20. The van der Waals surface area contributed by atoms with E-state index in [0.29, 0.717) is 36.8 Å². The van der Waals surface area contributed by atoms with Crippen molar-refractivity contribution >= 4 is 23.3 Å². The molecule has 2 rings (SSSR count). The lowest BCUT2D eigenvalue weighted by molar-refractivity contribution is -0.386. The van der Waals surface area contributed by atoms with Crippen molar-refractivity contribution in [3.8, 4) is 0 Å². The Balaban J connectivity index is 1.57. The largest absolute Gasteiger partial charge is 0.461 e. The van der Waals surface area contributed by atoms with Crippen LogP contribution in [0.3, 0.4) is 0 Å². The maximum absolute atomic E-state index is 11.8. The number of unbranched alkanes of at least 4 members (excludes halogenated alkanes) is 3. The molecule has 2 aromatic rings. The van der Waals surface area contributed by atoms with Crippen LogP contribution in [0.4, 0.5) is 11.4 Å². The van der Waals surface area contributed by atoms with E-state index < -0.39 is 21.8 Å². The molecule has 0 fully saturated rings. The molecule has 32 heavy (non-hydrogen) atoms. The second-order valence-electron chi connectivity index (χ2n) is 7.01. The molecule has 0 saturated heterocycles.